The molecule has 1 saturated heterocycles. The van der Waals surface area contributed by atoms with E-state index in [0.29, 0.717) is 22.9 Å². The Labute approximate surface area is 179 Å². The third-order valence-electron chi connectivity index (χ3n) is 5.62. The Morgan fingerprint density at radius 2 is 2.20 bits per heavy atom. The predicted molar refractivity (Wildman–Crippen MR) is 113 cm³/mol. The fraction of sp³-hybridized carbons (Fsp3) is 0.333. The predicted octanol–water partition coefficient (Wildman–Crippen LogP) is 0.443. The van der Waals surface area contributed by atoms with E-state index in [1.807, 2.05) is 6.07 Å². The summed E-state index contributed by atoms with van der Waals surface area (Å²) >= 11 is 5.49. The lowest BCUT2D eigenvalue weighted by atomic mass is 9.77. The summed E-state index contributed by atoms with van der Waals surface area (Å²) in [5, 5.41) is 36.5. The van der Waals surface area contributed by atoms with Crippen molar-refractivity contribution in [2.24, 2.45) is 5.92 Å². The number of nitriles is 1. The number of anilines is 1. The molecule has 8 nitrogen and oxygen atoms in total. The number of aromatic nitrogens is 1. The van der Waals surface area contributed by atoms with Crippen LogP contribution in [0, 0.1) is 17.2 Å². The minimum Gasteiger partial charge on any atom is -0.390 e. The van der Waals surface area contributed by atoms with Gasteiger partial charge in [-0.2, -0.15) is 5.26 Å². The van der Waals surface area contributed by atoms with Crippen molar-refractivity contribution >= 4 is 28.9 Å². The molecule has 2 fully saturated rings. The standard InChI is InChI=1S/C21H21N5O3S/c22-9-12-3-1-5-14(7-12)26-18-15(8-16(27)19(28)17(18)25-21(26)30)20(29)24-11-13-4-2-6-23-10-13/h1-7,10,15-19,27-28H,8,11H2,(H,24,29)(H,25,30)/t15-,16-,17-,18-,19+/m1/s1. The first kappa shape index (κ1) is 20.2. The number of pyridine rings is 1. The number of hydrogen-bond donors (Lipinski definition) is 4. The smallest absolute Gasteiger partial charge is 0.225 e. The minimum absolute atomic E-state index is 0.0972. The van der Waals surface area contributed by atoms with Crippen LogP contribution in [-0.4, -0.2) is 50.5 Å². The van der Waals surface area contributed by atoms with Crippen LogP contribution in [-0.2, 0) is 11.3 Å². The summed E-state index contributed by atoms with van der Waals surface area (Å²) < 4.78 is 0. The van der Waals surface area contributed by atoms with E-state index in [2.05, 4.69) is 21.7 Å². The van der Waals surface area contributed by atoms with Crippen molar-refractivity contribution in [1.82, 2.24) is 15.6 Å². The Kier molecular flexibility index (Phi) is 5.63. The second kappa shape index (κ2) is 8.36. The van der Waals surface area contributed by atoms with E-state index >= 15 is 0 Å². The topological polar surface area (TPSA) is 122 Å². The Balaban J connectivity index is 1.62. The second-order valence-corrected chi connectivity index (χ2v) is 7.86. The van der Waals surface area contributed by atoms with Gasteiger partial charge >= 0.3 is 0 Å². The molecule has 1 amide bonds. The highest BCUT2D eigenvalue weighted by Crippen LogP contribution is 2.37. The molecule has 154 valence electrons. The van der Waals surface area contributed by atoms with Gasteiger partial charge in [0.15, 0.2) is 5.11 Å². The molecule has 2 aromatic rings. The van der Waals surface area contributed by atoms with Crippen LogP contribution < -0.4 is 15.5 Å². The van der Waals surface area contributed by atoms with E-state index in [4.69, 9.17) is 12.2 Å². The molecule has 4 N–H and O–H groups in total. The number of benzene rings is 1. The average Bonchev–Trinajstić information content (AvgIpc) is 3.12. The first-order valence-electron chi connectivity index (χ1n) is 9.62. The zero-order valence-corrected chi connectivity index (χ0v) is 16.8. The summed E-state index contributed by atoms with van der Waals surface area (Å²) in [7, 11) is 0. The Morgan fingerprint density at radius 1 is 1.37 bits per heavy atom. The molecule has 2 heterocycles. The monoisotopic (exact) mass is 423 g/mol. The molecule has 0 spiro atoms. The molecule has 1 aromatic carbocycles. The van der Waals surface area contributed by atoms with E-state index < -0.39 is 30.2 Å². The fourth-order valence-corrected chi connectivity index (χ4v) is 4.55. The van der Waals surface area contributed by atoms with Crippen molar-refractivity contribution in [3.05, 3.63) is 59.9 Å². The summed E-state index contributed by atoms with van der Waals surface area (Å²) in [4.78, 5) is 18.9. The zero-order chi connectivity index (χ0) is 21.3. The summed E-state index contributed by atoms with van der Waals surface area (Å²) in [5.74, 6) is -0.864. The van der Waals surface area contributed by atoms with Gasteiger partial charge in [-0.3, -0.25) is 9.78 Å². The molecule has 0 radical (unpaired) electrons. The quantitative estimate of drug-likeness (QED) is 0.523. The third kappa shape index (κ3) is 3.73. The molecule has 0 bridgehead atoms. The van der Waals surface area contributed by atoms with Crippen LogP contribution in [0.2, 0.25) is 0 Å². The molecule has 4 rings (SSSR count). The average molecular weight is 423 g/mol. The lowest BCUT2D eigenvalue weighted by Gasteiger charge is -2.41. The van der Waals surface area contributed by atoms with Gasteiger partial charge in [-0.05, 0) is 48.5 Å². The number of aliphatic hydroxyl groups excluding tert-OH is 2. The van der Waals surface area contributed by atoms with E-state index in [9.17, 15) is 20.3 Å². The lowest BCUT2D eigenvalue weighted by molar-refractivity contribution is -0.131. The number of nitrogens with one attached hydrogen (secondary N) is 2. The molecule has 30 heavy (non-hydrogen) atoms. The summed E-state index contributed by atoms with van der Waals surface area (Å²) in [6, 6.07) is 11.6. The Hall–Kier alpha value is -3.06. The molecule has 1 aliphatic carbocycles. The van der Waals surface area contributed by atoms with Gasteiger partial charge in [0, 0.05) is 24.6 Å². The summed E-state index contributed by atoms with van der Waals surface area (Å²) in [5.41, 5.74) is 1.98. The molecule has 1 saturated carbocycles. The van der Waals surface area contributed by atoms with Gasteiger partial charge in [0.1, 0.15) is 6.10 Å². The molecule has 9 heteroatoms. The number of amides is 1. The van der Waals surface area contributed by atoms with Gasteiger partial charge in [-0.25, -0.2) is 0 Å². The van der Waals surface area contributed by atoms with Gasteiger partial charge < -0.3 is 25.7 Å². The van der Waals surface area contributed by atoms with Crippen LogP contribution in [0.1, 0.15) is 17.5 Å². The molecule has 2 aliphatic rings. The maximum absolute atomic E-state index is 13.1. The molecular weight excluding hydrogens is 402 g/mol. The van der Waals surface area contributed by atoms with Gasteiger partial charge in [0.05, 0.1) is 35.7 Å². The molecule has 5 atom stereocenters. The van der Waals surface area contributed by atoms with Crippen LogP contribution in [0.15, 0.2) is 48.8 Å². The third-order valence-corrected chi connectivity index (χ3v) is 5.94. The maximum atomic E-state index is 13.1. The first-order chi connectivity index (χ1) is 14.5. The molecule has 1 aliphatic heterocycles. The zero-order valence-electron chi connectivity index (χ0n) is 16.0. The van der Waals surface area contributed by atoms with Crippen LogP contribution in [0.5, 0.6) is 0 Å². The van der Waals surface area contributed by atoms with Gasteiger partial charge in [0.25, 0.3) is 0 Å². The number of thiocarbonyl (C=S) groups is 1. The lowest BCUT2D eigenvalue weighted by Crippen LogP contribution is -2.60. The second-order valence-electron chi connectivity index (χ2n) is 7.48. The van der Waals surface area contributed by atoms with E-state index in [1.54, 1.807) is 47.6 Å². The molecule has 0 unspecified atom stereocenters. The van der Waals surface area contributed by atoms with Gasteiger partial charge in [-0.1, -0.05) is 12.1 Å². The van der Waals surface area contributed by atoms with Crippen molar-refractivity contribution in [3.8, 4) is 6.07 Å². The maximum Gasteiger partial charge on any atom is 0.225 e. The Bertz CT molecular complexity index is 996. The number of carbonyl (C=O) groups excluding carboxylic acids is 1. The van der Waals surface area contributed by atoms with Crippen LogP contribution >= 0.6 is 12.2 Å². The highest BCUT2D eigenvalue weighted by Gasteiger charge is 2.53. The fourth-order valence-electron chi connectivity index (χ4n) is 4.19. The van der Waals surface area contributed by atoms with E-state index in [0.717, 1.165) is 5.56 Å². The number of aliphatic hydroxyl groups is 2. The molecule has 1 aromatic heterocycles. The van der Waals surface area contributed by atoms with Crippen LogP contribution in [0.4, 0.5) is 5.69 Å². The van der Waals surface area contributed by atoms with Crippen molar-refractivity contribution in [2.45, 2.75) is 37.3 Å². The first-order valence-corrected chi connectivity index (χ1v) is 10.0. The van der Waals surface area contributed by atoms with Crippen molar-refractivity contribution in [2.75, 3.05) is 4.90 Å². The molecular formula is C21H21N5O3S. The minimum atomic E-state index is -1.07. The highest BCUT2D eigenvalue weighted by atomic mass is 32.1. The summed E-state index contributed by atoms with van der Waals surface area (Å²) in [6.45, 7) is 0.307. The largest absolute Gasteiger partial charge is 0.390 e. The number of fused-ring (bicyclic) bond motifs is 1. The number of rotatable bonds is 4. The number of carbonyl (C=O) groups is 1. The van der Waals surface area contributed by atoms with Crippen molar-refractivity contribution in [3.63, 3.8) is 0 Å². The van der Waals surface area contributed by atoms with Crippen LogP contribution in [0.3, 0.4) is 0 Å². The van der Waals surface area contributed by atoms with Crippen molar-refractivity contribution in [1.29, 1.82) is 5.26 Å². The normalized spacial score (nSPS) is 27.7. The van der Waals surface area contributed by atoms with Gasteiger partial charge in [-0.15, -0.1) is 0 Å². The van der Waals surface area contributed by atoms with Gasteiger partial charge in [0.2, 0.25) is 5.91 Å². The SMILES string of the molecule is N#Cc1cccc(N2C(=S)N[C@H]3[C@@H](O)[C@H](O)C[C@@H](C(=O)NCc4cccnc4)[C@H]32)c1. The number of nitrogens with zero attached hydrogens (tertiary/aromatic N) is 3. The van der Waals surface area contributed by atoms with Crippen molar-refractivity contribution < 1.29 is 15.0 Å². The Morgan fingerprint density at radius 3 is 2.93 bits per heavy atom. The summed E-state index contributed by atoms with van der Waals surface area (Å²) in [6.07, 6.45) is 1.31. The highest BCUT2D eigenvalue weighted by molar-refractivity contribution is 7.80. The van der Waals surface area contributed by atoms with E-state index in [-0.39, 0.29) is 12.3 Å². The van der Waals surface area contributed by atoms with Crippen LogP contribution in [0.25, 0.3) is 0 Å². The van der Waals surface area contributed by atoms with E-state index in [1.165, 1.54) is 0 Å². The number of hydrogen-bond acceptors (Lipinski definition) is 6.